The van der Waals surface area contributed by atoms with E-state index >= 15 is 0 Å². The number of nitriles is 1. The average molecular weight is 557 g/mol. The summed E-state index contributed by atoms with van der Waals surface area (Å²) in [6.45, 7) is 1.89. The third-order valence-electron chi connectivity index (χ3n) is 7.76. The fourth-order valence-electron chi connectivity index (χ4n) is 5.33. The number of benzene rings is 2. The highest BCUT2D eigenvalue weighted by Crippen LogP contribution is 2.31. The molecule has 0 spiro atoms. The Morgan fingerprint density at radius 2 is 1.98 bits per heavy atom. The topological polar surface area (TPSA) is 119 Å². The highest BCUT2D eigenvalue weighted by Gasteiger charge is 2.28. The lowest BCUT2D eigenvalue weighted by atomic mass is 9.93. The van der Waals surface area contributed by atoms with E-state index in [4.69, 9.17) is 24.5 Å². The van der Waals surface area contributed by atoms with E-state index in [9.17, 15) is 14.3 Å². The summed E-state index contributed by atoms with van der Waals surface area (Å²) in [5.41, 5.74) is 3.27. The maximum absolute atomic E-state index is 14.2. The summed E-state index contributed by atoms with van der Waals surface area (Å²) < 4.78 is 34.0. The lowest BCUT2D eigenvalue weighted by Crippen LogP contribution is -2.33. The zero-order valence-corrected chi connectivity index (χ0v) is 22.3. The van der Waals surface area contributed by atoms with Crippen molar-refractivity contribution in [3.05, 3.63) is 88.6 Å². The van der Waals surface area contributed by atoms with Crippen LogP contribution < -0.4 is 4.74 Å². The maximum Gasteiger partial charge on any atom is 0.335 e. The van der Waals surface area contributed by atoms with Crippen molar-refractivity contribution in [3.63, 3.8) is 0 Å². The van der Waals surface area contributed by atoms with Crippen LogP contribution in [0.25, 0.3) is 11.0 Å². The van der Waals surface area contributed by atoms with Gasteiger partial charge in [-0.05, 0) is 55.7 Å². The fourth-order valence-corrected chi connectivity index (χ4v) is 5.33. The van der Waals surface area contributed by atoms with Gasteiger partial charge >= 0.3 is 5.97 Å². The Hall–Kier alpha value is -4.33. The van der Waals surface area contributed by atoms with Crippen molar-refractivity contribution in [2.45, 2.75) is 57.0 Å². The normalized spacial score (nSPS) is 20.3. The van der Waals surface area contributed by atoms with Gasteiger partial charge in [0.15, 0.2) is 0 Å². The minimum atomic E-state index is -0.966. The van der Waals surface area contributed by atoms with Crippen LogP contribution >= 0.6 is 0 Å². The van der Waals surface area contributed by atoms with Gasteiger partial charge in [-0.25, -0.2) is 19.2 Å². The summed E-state index contributed by atoms with van der Waals surface area (Å²) in [4.78, 5) is 21.0. The van der Waals surface area contributed by atoms with Crippen LogP contribution in [0, 0.1) is 17.1 Å². The van der Waals surface area contributed by atoms with E-state index in [1.165, 1.54) is 6.07 Å². The molecule has 41 heavy (non-hydrogen) atoms. The van der Waals surface area contributed by atoms with Crippen LogP contribution in [0.2, 0.25) is 0 Å². The summed E-state index contributed by atoms with van der Waals surface area (Å²) in [6, 6.07) is 16.8. The van der Waals surface area contributed by atoms with Gasteiger partial charge in [0.1, 0.15) is 18.2 Å². The second-order valence-corrected chi connectivity index (χ2v) is 10.5. The molecule has 0 bridgehead atoms. The number of aromatic carboxylic acids is 1. The largest absolute Gasteiger partial charge is 0.478 e. The number of halogens is 1. The van der Waals surface area contributed by atoms with Crippen LogP contribution in [0.15, 0.2) is 54.6 Å². The van der Waals surface area contributed by atoms with E-state index in [0.717, 1.165) is 48.4 Å². The molecular formula is C31H29FN4O5. The number of aromatic nitrogens is 3. The van der Waals surface area contributed by atoms with Gasteiger partial charge in [0, 0.05) is 36.3 Å². The van der Waals surface area contributed by atoms with Crippen molar-refractivity contribution in [1.29, 1.82) is 5.26 Å². The Kier molecular flexibility index (Phi) is 7.63. The van der Waals surface area contributed by atoms with Gasteiger partial charge in [0.2, 0.25) is 5.88 Å². The Labute approximate surface area is 236 Å². The number of rotatable bonds is 9. The molecule has 6 rings (SSSR count). The number of pyridine rings is 1. The zero-order valence-electron chi connectivity index (χ0n) is 22.3. The van der Waals surface area contributed by atoms with E-state index in [-0.39, 0.29) is 35.9 Å². The first kappa shape index (κ1) is 26.9. The SMILES string of the molecule is N#Cc1ccc(COc2cccc([C@H]3CC[C@H](Cc4nc5ccc(C(=O)O)cc5n4C[C@@H]4CCO4)OC3)n2)c(F)c1. The molecule has 0 aliphatic carbocycles. The van der Waals surface area contributed by atoms with Crippen LogP contribution in [0.5, 0.6) is 5.88 Å². The van der Waals surface area contributed by atoms with Gasteiger partial charge in [-0.3, -0.25) is 0 Å². The lowest BCUT2D eigenvalue weighted by Gasteiger charge is -2.30. The molecule has 4 aromatic rings. The third-order valence-corrected chi connectivity index (χ3v) is 7.76. The standard InChI is InChI=1S/C31H29FN4O5/c32-25-12-19(15-33)4-5-21(25)17-41-30-3-1-2-26(35-30)22-6-8-23(40-18-22)14-29-34-27-9-7-20(31(37)38)13-28(27)36(29)16-24-10-11-39-24/h1-5,7,9,12-13,22-24H,6,8,10-11,14,16-18H2,(H,37,38)/t22-,23+,24-/m0/s1. The van der Waals surface area contributed by atoms with Gasteiger partial charge in [0.05, 0.1) is 53.6 Å². The van der Waals surface area contributed by atoms with Crippen molar-refractivity contribution in [2.75, 3.05) is 13.2 Å². The van der Waals surface area contributed by atoms with Crippen molar-refractivity contribution in [2.24, 2.45) is 0 Å². The Balaban J connectivity index is 1.10. The van der Waals surface area contributed by atoms with Crippen LogP contribution in [0.4, 0.5) is 4.39 Å². The molecule has 4 heterocycles. The van der Waals surface area contributed by atoms with Gasteiger partial charge in [-0.15, -0.1) is 0 Å². The first-order valence-electron chi connectivity index (χ1n) is 13.7. The summed E-state index contributed by atoms with van der Waals surface area (Å²) in [5, 5.41) is 18.4. The van der Waals surface area contributed by atoms with Crippen molar-refractivity contribution in [1.82, 2.24) is 14.5 Å². The summed E-state index contributed by atoms with van der Waals surface area (Å²) in [5.74, 6) is -0.0805. The predicted octanol–water partition coefficient (Wildman–Crippen LogP) is 5.01. The Bertz CT molecular complexity index is 1620. The lowest BCUT2D eigenvalue weighted by molar-refractivity contribution is -0.0594. The monoisotopic (exact) mass is 556 g/mol. The Morgan fingerprint density at radius 1 is 1.10 bits per heavy atom. The minimum Gasteiger partial charge on any atom is -0.478 e. The first-order chi connectivity index (χ1) is 20.0. The number of hydrogen-bond acceptors (Lipinski definition) is 7. The molecule has 1 N–H and O–H groups in total. The smallest absolute Gasteiger partial charge is 0.335 e. The minimum absolute atomic E-state index is 0.0120. The molecule has 2 aromatic heterocycles. The third kappa shape index (κ3) is 5.92. The number of ether oxygens (including phenoxy) is 3. The first-order valence-corrected chi connectivity index (χ1v) is 13.7. The van der Waals surface area contributed by atoms with E-state index in [2.05, 4.69) is 9.55 Å². The van der Waals surface area contributed by atoms with Gasteiger partial charge in [-0.2, -0.15) is 5.26 Å². The summed E-state index contributed by atoms with van der Waals surface area (Å²) in [7, 11) is 0. The molecule has 2 fully saturated rings. The van der Waals surface area contributed by atoms with E-state index in [0.29, 0.717) is 31.0 Å². The van der Waals surface area contributed by atoms with E-state index in [1.807, 2.05) is 18.2 Å². The molecule has 10 heteroatoms. The van der Waals surface area contributed by atoms with Crippen LogP contribution in [-0.2, 0) is 29.0 Å². The molecule has 0 unspecified atom stereocenters. The van der Waals surface area contributed by atoms with Crippen molar-refractivity contribution in [3.8, 4) is 11.9 Å². The summed E-state index contributed by atoms with van der Waals surface area (Å²) >= 11 is 0. The summed E-state index contributed by atoms with van der Waals surface area (Å²) in [6.07, 6.45) is 3.35. The molecule has 2 aliphatic heterocycles. The predicted molar refractivity (Wildman–Crippen MR) is 146 cm³/mol. The molecule has 3 atom stereocenters. The average Bonchev–Trinajstić information content (AvgIpc) is 3.30. The number of imidazole rings is 1. The number of carboxylic acid groups (broad SMARTS) is 1. The number of nitrogens with zero attached hydrogens (tertiary/aromatic N) is 4. The molecule has 2 aliphatic rings. The number of carboxylic acids is 1. The highest BCUT2D eigenvalue weighted by molar-refractivity contribution is 5.92. The van der Waals surface area contributed by atoms with Crippen molar-refractivity contribution >= 4 is 17.0 Å². The number of fused-ring (bicyclic) bond motifs is 1. The Morgan fingerprint density at radius 3 is 2.68 bits per heavy atom. The highest BCUT2D eigenvalue weighted by atomic mass is 19.1. The van der Waals surface area contributed by atoms with Crippen molar-refractivity contribution < 1.29 is 28.5 Å². The van der Waals surface area contributed by atoms with Crippen LogP contribution in [-0.4, -0.2) is 51.0 Å². The molecular weight excluding hydrogens is 527 g/mol. The molecule has 0 saturated carbocycles. The number of hydrogen-bond donors (Lipinski definition) is 1. The zero-order chi connectivity index (χ0) is 28.3. The molecule has 2 saturated heterocycles. The molecule has 2 aromatic carbocycles. The van der Waals surface area contributed by atoms with Gasteiger partial charge in [0.25, 0.3) is 0 Å². The molecule has 0 radical (unpaired) electrons. The van der Waals surface area contributed by atoms with Crippen LogP contribution in [0.3, 0.4) is 0 Å². The van der Waals surface area contributed by atoms with E-state index in [1.54, 1.807) is 36.4 Å². The quantitative estimate of drug-likeness (QED) is 0.305. The second-order valence-electron chi connectivity index (χ2n) is 10.5. The molecule has 9 nitrogen and oxygen atoms in total. The van der Waals surface area contributed by atoms with Crippen LogP contribution in [0.1, 0.15) is 58.2 Å². The van der Waals surface area contributed by atoms with Gasteiger partial charge < -0.3 is 23.9 Å². The number of carbonyl (C=O) groups is 1. The van der Waals surface area contributed by atoms with Gasteiger partial charge in [-0.1, -0.05) is 12.1 Å². The van der Waals surface area contributed by atoms with E-state index < -0.39 is 11.8 Å². The second kappa shape index (κ2) is 11.6. The molecule has 210 valence electrons. The molecule has 0 amide bonds. The maximum atomic E-state index is 14.2. The fraction of sp³-hybridized carbons (Fsp3) is 0.355.